The van der Waals surface area contributed by atoms with E-state index in [0.29, 0.717) is 28.2 Å². The summed E-state index contributed by atoms with van der Waals surface area (Å²) in [7, 11) is 1.56. The summed E-state index contributed by atoms with van der Waals surface area (Å²) < 4.78 is 6.86. The number of hydrogen-bond acceptors (Lipinski definition) is 5. The number of methoxy groups -OCH3 is 1. The number of carboxylic acid groups (broad SMARTS) is 1. The molecular formula is C34H39N3O5. The first-order chi connectivity index (χ1) is 19.6. The van der Waals surface area contributed by atoms with Crippen molar-refractivity contribution in [1.82, 2.24) is 9.38 Å². The molecule has 220 valence electrons. The molecule has 2 N–H and O–H groups in total. The van der Waals surface area contributed by atoms with Crippen molar-refractivity contribution in [1.29, 1.82) is 0 Å². The van der Waals surface area contributed by atoms with Gasteiger partial charge in [-0.1, -0.05) is 46.8 Å². The molecule has 3 aromatic heterocycles. The number of ketones is 1. The Bertz CT molecular complexity index is 1640. The molecule has 0 spiro atoms. The first-order valence-corrected chi connectivity index (χ1v) is 14.0. The smallest absolute Gasteiger partial charge is 0.309 e. The van der Waals surface area contributed by atoms with Crippen LogP contribution in [0.15, 0.2) is 60.9 Å². The second kappa shape index (κ2) is 11.4. The van der Waals surface area contributed by atoms with E-state index >= 15 is 0 Å². The quantitative estimate of drug-likeness (QED) is 0.205. The topological polar surface area (TPSA) is 110 Å². The number of Topliss-reactive ketones (excluding diaryl/α,β-unsaturated/α-hetero) is 1. The highest BCUT2D eigenvalue weighted by molar-refractivity contribution is 6.13. The molecule has 42 heavy (non-hydrogen) atoms. The SMILES string of the molecule is COc1ccc(-c2ccc(NC(=O)c3c(CC(C)(C)C(=O)O)c(C(=O)C(C)(C)C)c4cc(C(C)C)ccn34)cc2)cn1. The van der Waals surface area contributed by atoms with Gasteiger partial charge < -0.3 is 19.6 Å². The highest BCUT2D eigenvalue weighted by atomic mass is 16.5. The molecule has 0 atom stereocenters. The Kier molecular flexibility index (Phi) is 8.30. The van der Waals surface area contributed by atoms with E-state index in [4.69, 9.17) is 4.74 Å². The summed E-state index contributed by atoms with van der Waals surface area (Å²) in [6.45, 7) is 12.8. The Hall–Kier alpha value is -4.46. The van der Waals surface area contributed by atoms with E-state index in [0.717, 1.165) is 16.7 Å². The van der Waals surface area contributed by atoms with E-state index in [1.165, 1.54) is 0 Å². The first-order valence-electron chi connectivity index (χ1n) is 14.0. The Morgan fingerprint density at radius 2 is 1.62 bits per heavy atom. The molecule has 0 aliphatic heterocycles. The number of rotatable bonds is 9. The standard InChI is InChI=1S/C34H39N3O5/c1-20(2)22-15-16-37-26(17-22)28(30(38)33(3,4)5)25(18-34(6,7)32(40)41)29(37)31(39)36-24-12-9-21(10-13-24)23-11-14-27(42-8)35-19-23/h9-17,19-20H,18H2,1-8H3,(H,36,39)(H,40,41). The third-order valence-electron chi connectivity index (χ3n) is 7.47. The molecule has 1 aromatic carbocycles. The lowest BCUT2D eigenvalue weighted by Crippen LogP contribution is -2.29. The van der Waals surface area contributed by atoms with Gasteiger partial charge >= 0.3 is 5.97 Å². The van der Waals surface area contributed by atoms with Crippen LogP contribution in [0.3, 0.4) is 0 Å². The van der Waals surface area contributed by atoms with Crippen LogP contribution in [0.4, 0.5) is 5.69 Å². The fraction of sp³-hybridized carbons (Fsp3) is 0.353. The zero-order valence-corrected chi connectivity index (χ0v) is 25.5. The van der Waals surface area contributed by atoms with Gasteiger partial charge in [0.1, 0.15) is 5.69 Å². The normalized spacial score (nSPS) is 12.0. The van der Waals surface area contributed by atoms with Gasteiger partial charge in [-0.2, -0.15) is 0 Å². The molecule has 3 heterocycles. The van der Waals surface area contributed by atoms with Crippen LogP contribution in [0, 0.1) is 10.8 Å². The third-order valence-corrected chi connectivity index (χ3v) is 7.47. The number of ether oxygens (including phenoxy) is 1. The van der Waals surface area contributed by atoms with Crippen molar-refractivity contribution < 1.29 is 24.2 Å². The van der Waals surface area contributed by atoms with Gasteiger partial charge in [-0.05, 0) is 73.2 Å². The first kappa shape index (κ1) is 30.5. The molecule has 4 rings (SSSR count). The molecule has 0 aliphatic rings. The lowest BCUT2D eigenvalue weighted by Gasteiger charge is -2.22. The van der Waals surface area contributed by atoms with Crippen LogP contribution in [0.5, 0.6) is 5.88 Å². The number of carbonyl (C=O) groups is 3. The van der Waals surface area contributed by atoms with Gasteiger partial charge in [0.15, 0.2) is 5.78 Å². The van der Waals surface area contributed by atoms with Crippen LogP contribution in [-0.4, -0.2) is 39.3 Å². The molecule has 8 nitrogen and oxygen atoms in total. The van der Waals surface area contributed by atoms with Gasteiger partial charge in [-0.15, -0.1) is 0 Å². The summed E-state index contributed by atoms with van der Waals surface area (Å²) in [6.07, 6.45) is 3.52. The maximum Gasteiger partial charge on any atom is 0.309 e. The molecule has 0 bridgehead atoms. The van der Waals surface area contributed by atoms with Gasteiger partial charge in [-0.25, -0.2) is 4.98 Å². The number of hydrogen-bond donors (Lipinski definition) is 2. The van der Waals surface area contributed by atoms with Gasteiger partial charge in [-0.3, -0.25) is 14.4 Å². The molecular weight excluding hydrogens is 530 g/mol. The third kappa shape index (κ3) is 6.08. The van der Waals surface area contributed by atoms with Gasteiger partial charge in [0.2, 0.25) is 5.88 Å². The van der Waals surface area contributed by atoms with Crippen LogP contribution in [0.2, 0.25) is 0 Å². The Morgan fingerprint density at radius 1 is 0.976 bits per heavy atom. The minimum atomic E-state index is -1.22. The maximum atomic E-state index is 14.0. The van der Waals surface area contributed by atoms with E-state index in [1.54, 1.807) is 56.0 Å². The highest BCUT2D eigenvalue weighted by Crippen LogP contribution is 2.36. The van der Waals surface area contributed by atoms with Crippen LogP contribution in [-0.2, 0) is 11.2 Å². The van der Waals surface area contributed by atoms with Crippen LogP contribution < -0.4 is 10.1 Å². The number of fused-ring (bicyclic) bond motifs is 1. The summed E-state index contributed by atoms with van der Waals surface area (Å²) in [6, 6.07) is 14.9. The van der Waals surface area contributed by atoms with Crippen molar-refractivity contribution >= 4 is 28.9 Å². The van der Waals surface area contributed by atoms with E-state index in [-0.39, 0.29) is 23.8 Å². The number of nitrogens with zero attached hydrogens (tertiary/aromatic N) is 2. The number of benzene rings is 1. The van der Waals surface area contributed by atoms with E-state index in [1.807, 2.05) is 51.1 Å². The van der Waals surface area contributed by atoms with Crippen LogP contribution in [0.25, 0.3) is 16.6 Å². The molecule has 4 aromatic rings. The molecule has 0 saturated carbocycles. The number of nitrogens with one attached hydrogen (secondary N) is 1. The molecule has 8 heteroatoms. The van der Waals surface area contributed by atoms with Crippen molar-refractivity contribution in [3.05, 3.63) is 83.3 Å². The number of aromatic nitrogens is 2. The lowest BCUT2D eigenvalue weighted by atomic mass is 9.79. The predicted octanol–water partition coefficient (Wildman–Crippen LogP) is 7.27. The molecule has 0 aliphatic carbocycles. The van der Waals surface area contributed by atoms with Gasteiger partial charge in [0.05, 0.1) is 18.0 Å². The Balaban J connectivity index is 1.84. The van der Waals surface area contributed by atoms with Crippen molar-refractivity contribution in [2.75, 3.05) is 12.4 Å². The maximum absolute atomic E-state index is 14.0. The van der Waals surface area contributed by atoms with E-state index < -0.39 is 22.7 Å². The molecule has 0 saturated heterocycles. The monoisotopic (exact) mass is 569 g/mol. The van der Waals surface area contributed by atoms with E-state index in [2.05, 4.69) is 24.1 Å². The summed E-state index contributed by atoms with van der Waals surface area (Å²) >= 11 is 0. The van der Waals surface area contributed by atoms with Crippen molar-refractivity contribution in [3.8, 4) is 17.0 Å². The van der Waals surface area contributed by atoms with Crippen LogP contribution in [0.1, 0.15) is 86.4 Å². The average Bonchev–Trinajstić information content (AvgIpc) is 3.24. The number of aliphatic carboxylic acids is 1. The Labute approximate surface area is 246 Å². The largest absolute Gasteiger partial charge is 0.481 e. The fourth-order valence-corrected chi connectivity index (χ4v) is 4.85. The van der Waals surface area contributed by atoms with Crippen LogP contribution >= 0.6 is 0 Å². The number of amides is 1. The molecule has 0 radical (unpaired) electrons. The summed E-state index contributed by atoms with van der Waals surface area (Å²) in [5.74, 6) is -0.865. The van der Waals surface area contributed by atoms with E-state index in [9.17, 15) is 19.5 Å². The lowest BCUT2D eigenvalue weighted by molar-refractivity contribution is -0.146. The average molecular weight is 570 g/mol. The van der Waals surface area contributed by atoms with Crippen molar-refractivity contribution in [2.45, 2.75) is 60.8 Å². The number of carbonyl (C=O) groups excluding carboxylic acids is 2. The number of anilines is 1. The predicted molar refractivity (Wildman–Crippen MR) is 165 cm³/mol. The second-order valence-electron chi connectivity index (χ2n) is 12.6. The summed E-state index contributed by atoms with van der Waals surface area (Å²) in [5, 5.41) is 13.0. The Morgan fingerprint density at radius 3 is 2.14 bits per heavy atom. The molecule has 1 amide bonds. The van der Waals surface area contributed by atoms with Gasteiger partial charge in [0.25, 0.3) is 5.91 Å². The number of pyridine rings is 2. The summed E-state index contributed by atoms with van der Waals surface area (Å²) in [5.41, 5.74) is 3.10. The number of carboxylic acids is 1. The van der Waals surface area contributed by atoms with Gasteiger partial charge in [0, 0.05) is 40.7 Å². The molecule has 0 fully saturated rings. The zero-order chi connectivity index (χ0) is 31.0. The van der Waals surface area contributed by atoms with Crippen molar-refractivity contribution in [3.63, 3.8) is 0 Å². The molecule has 0 unspecified atom stereocenters. The second-order valence-corrected chi connectivity index (χ2v) is 12.6. The minimum Gasteiger partial charge on any atom is -0.481 e. The highest BCUT2D eigenvalue weighted by Gasteiger charge is 2.37. The van der Waals surface area contributed by atoms with Crippen molar-refractivity contribution in [2.24, 2.45) is 10.8 Å². The summed E-state index contributed by atoms with van der Waals surface area (Å²) in [4.78, 5) is 44.4. The zero-order valence-electron chi connectivity index (χ0n) is 25.5. The minimum absolute atomic E-state index is 0.00430. The fourth-order valence-electron chi connectivity index (χ4n) is 4.85.